The van der Waals surface area contributed by atoms with Crippen molar-refractivity contribution in [1.29, 1.82) is 0 Å². The predicted octanol–water partition coefficient (Wildman–Crippen LogP) is -0.0418. The lowest BCUT2D eigenvalue weighted by Crippen LogP contribution is -2.49. The van der Waals surface area contributed by atoms with Crippen LogP contribution in [-0.4, -0.2) is 46.4 Å². The summed E-state index contributed by atoms with van der Waals surface area (Å²) in [5.74, 6) is -2.17. The Balaban J connectivity index is 2.15. The zero-order valence-corrected chi connectivity index (χ0v) is 12.5. The molecule has 7 heteroatoms. The van der Waals surface area contributed by atoms with Gasteiger partial charge in [0, 0.05) is 13.0 Å². The van der Waals surface area contributed by atoms with Gasteiger partial charge >= 0.3 is 5.97 Å². The molecule has 0 aromatic heterocycles. The van der Waals surface area contributed by atoms with Crippen molar-refractivity contribution >= 4 is 23.4 Å². The van der Waals surface area contributed by atoms with Crippen LogP contribution in [0.25, 0.3) is 5.57 Å². The Morgan fingerprint density at radius 3 is 2.48 bits per heavy atom. The van der Waals surface area contributed by atoms with Crippen LogP contribution in [0.3, 0.4) is 0 Å². The fourth-order valence-corrected chi connectivity index (χ4v) is 2.51. The van der Waals surface area contributed by atoms with Gasteiger partial charge in [-0.05, 0) is 23.6 Å². The molecule has 1 aromatic carbocycles. The first kappa shape index (κ1) is 16.7. The highest BCUT2D eigenvalue weighted by molar-refractivity contribution is 5.93. The molecule has 0 spiro atoms. The number of benzene rings is 1. The molecule has 0 fully saturated rings. The summed E-state index contributed by atoms with van der Waals surface area (Å²) in [4.78, 5) is 35.8. The van der Waals surface area contributed by atoms with Gasteiger partial charge in [-0.25, -0.2) is 4.79 Å². The minimum Gasteiger partial charge on any atom is -0.479 e. The van der Waals surface area contributed by atoms with Crippen molar-refractivity contribution in [1.82, 2.24) is 4.90 Å². The maximum absolute atomic E-state index is 12.4. The highest BCUT2D eigenvalue weighted by Gasteiger charge is 2.36. The molecule has 0 radical (unpaired) electrons. The second-order valence-electron chi connectivity index (χ2n) is 5.42. The fourth-order valence-electron chi connectivity index (χ4n) is 2.51. The fraction of sp³-hybridized carbons (Fsp3) is 0.312. The molecule has 1 aromatic rings. The standard InChI is InChI=1S/C16H19N3O4/c17-12(6-7-14(18)20)15(21)19-9-11(8-13(19)16(22)23)10-4-2-1-3-5-10/h1-5,8,12-13H,6-7,9,17H2,(H2,18,20)(H,22,23)/t12-,13?/m0/s1. The van der Waals surface area contributed by atoms with Gasteiger partial charge in [0.25, 0.3) is 0 Å². The zero-order chi connectivity index (χ0) is 17.0. The zero-order valence-electron chi connectivity index (χ0n) is 12.5. The molecule has 5 N–H and O–H groups in total. The lowest BCUT2D eigenvalue weighted by molar-refractivity contribution is -0.147. The van der Waals surface area contributed by atoms with E-state index in [4.69, 9.17) is 11.5 Å². The van der Waals surface area contributed by atoms with Gasteiger partial charge in [0.2, 0.25) is 11.8 Å². The van der Waals surface area contributed by atoms with Crippen LogP contribution in [0.5, 0.6) is 0 Å². The van der Waals surface area contributed by atoms with Crippen molar-refractivity contribution in [3.05, 3.63) is 42.0 Å². The molecule has 1 aliphatic heterocycles. The second kappa shape index (κ2) is 7.06. The summed E-state index contributed by atoms with van der Waals surface area (Å²) < 4.78 is 0. The molecule has 2 atom stereocenters. The topological polar surface area (TPSA) is 127 Å². The average Bonchev–Trinajstić information content (AvgIpc) is 2.98. The minimum atomic E-state index is -1.12. The molecule has 0 saturated heterocycles. The number of nitrogens with two attached hydrogens (primary N) is 2. The first-order chi connectivity index (χ1) is 10.9. The van der Waals surface area contributed by atoms with Crippen molar-refractivity contribution < 1.29 is 19.5 Å². The molecular formula is C16H19N3O4. The normalized spacial score (nSPS) is 18.4. The number of carboxylic acid groups (broad SMARTS) is 1. The summed E-state index contributed by atoms with van der Waals surface area (Å²) in [5.41, 5.74) is 12.4. The molecule has 0 bridgehead atoms. The Hall–Kier alpha value is -2.67. The van der Waals surface area contributed by atoms with Crippen molar-refractivity contribution in [2.45, 2.75) is 24.9 Å². The van der Waals surface area contributed by atoms with Crippen molar-refractivity contribution in [2.24, 2.45) is 11.5 Å². The summed E-state index contributed by atoms with van der Waals surface area (Å²) in [6.07, 6.45) is 1.63. The van der Waals surface area contributed by atoms with Crippen molar-refractivity contribution in [2.75, 3.05) is 6.54 Å². The Morgan fingerprint density at radius 2 is 1.91 bits per heavy atom. The van der Waals surface area contributed by atoms with Gasteiger partial charge in [-0.1, -0.05) is 30.3 Å². The molecule has 1 unspecified atom stereocenters. The SMILES string of the molecule is NC(=O)CC[C@H](N)C(=O)N1CC(c2ccccc2)=CC1C(=O)O. The minimum absolute atomic E-state index is 0.0164. The third-order valence-corrected chi connectivity index (χ3v) is 3.74. The van der Waals surface area contributed by atoms with Gasteiger partial charge in [0.05, 0.1) is 6.04 Å². The lowest BCUT2D eigenvalue weighted by atomic mass is 10.1. The molecule has 122 valence electrons. The molecule has 0 saturated carbocycles. The van der Waals surface area contributed by atoms with Gasteiger partial charge in [-0.3, -0.25) is 9.59 Å². The number of hydrogen-bond donors (Lipinski definition) is 3. The number of nitrogens with zero attached hydrogens (tertiary/aromatic N) is 1. The van der Waals surface area contributed by atoms with Crippen LogP contribution in [0.2, 0.25) is 0 Å². The number of primary amides is 1. The lowest BCUT2D eigenvalue weighted by Gasteiger charge is -2.25. The second-order valence-corrected chi connectivity index (χ2v) is 5.42. The van der Waals surface area contributed by atoms with Crippen LogP contribution in [0.15, 0.2) is 36.4 Å². The molecular weight excluding hydrogens is 298 g/mol. The first-order valence-electron chi connectivity index (χ1n) is 7.23. The molecule has 0 aliphatic carbocycles. The van der Waals surface area contributed by atoms with Crippen LogP contribution in [0, 0.1) is 0 Å². The van der Waals surface area contributed by atoms with Gasteiger partial charge in [0.1, 0.15) is 6.04 Å². The Kier molecular flexibility index (Phi) is 5.13. The van der Waals surface area contributed by atoms with E-state index >= 15 is 0 Å². The van der Waals surface area contributed by atoms with Crippen molar-refractivity contribution in [3.8, 4) is 0 Å². The first-order valence-corrected chi connectivity index (χ1v) is 7.23. The molecule has 1 aliphatic rings. The van der Waals surface area contributed by atoms with Crippen LogP contribution in [0.1, 0.15) is 18.4 Å². The third kappa shape index (κ3) is 3.95. The maximum atomic E-state index is 12.4. The highest BCUT2D eigenvalue weighted by Crippen LogP contribution is 2.26. The van der Waals surface area contributed by atoms with Gasteiger partial charge in [-0.15, -0.1) is 0 Å². The summed E-state index contributed by atoms with van der Waals surface area (Å²) in [7, 11) is 0. The van der Waals surface area contributed by atoms with E-state index < -0.39 is 29.9 Å². The van der Waals surface area contributed by atoms with Gasteiger partial charge in [-0.2, -0.15) is 0 Å². The molecule has 2 rings (SSSR count). The Bertz CT molecular complexity index is 642. The van der Waals surface area contributed by atoms with E-state index in [1.807, 2.05) is 30.3 Å². The van der Waals surface area contributed by atoms with E-state index in [1.165, 1.54) is 4.90 Å². The van der Waals surface area contributed by atoms with E-state index in [2.05, 4.69) is 0 Å². The van der Waals surface area contributed by atoms with E-state index in [0.717, 1.165) is 11.1 Å². The van der Waals surface area contributed by atoms with E-state index in [0.29, 0.717) is 0 Å². The van der Waals surface area contributed by atoms with Gasteiger partial charge in [0.15, 0.2) is 0 Å². The summed E-state index contributed by atoms with van der Waals surface area (Å²) >= 11 is 0. The number of carbonyl (C=O) groups excluding carboxylic acids is 2. The Labute approximate surface area is 133 Å². The quantitative estimate of drug-likeness (QED) is 0.678. The summed E-state index contributed by atoms with van der Waals surface area (Å²) in [5, 5.41) is 9.34. The van der Waals surface area contributed by atoms with Crippen LogP contribution in [0.4, 0.5) is 0 Å². The van der Waals surface area contributed by atoms with Crippen LogP contribution < -0.4 is 11.5 Å². The monoisotopic (exact) mass is 317 g/mol. The number of amides is 2. The predicted molar refractivity (Wildman–Crippen MR) is 84.0 cm³/mol. The number of hydrogen-bond acceptors (Lipinski definition) is 4. The van der Waals surface area contributed by atoms with E-state index in [1.54, 1.807) is 6.08 Å². The maximum Gasteiger partial charge on any atom is 0.330 e. The molecule has 7 nitrogen and oxygen atoms in total. The highest BCUT2D eigenvalue weighted by atomic mass is 16.4. The Morgan fingerprint density at radius 1 is 1.26 bits per heavy atom. The number of rotatable bonds is 6. The molecule has 2 amide bonds. The number of aliphatic carboxylic acids is 1. The average molecular weight is 317 g/mol. The van der Waals surface area contributed by atoms with Crippen LogP contribution >= 0.6 is 0 Å². The summed E-state index contributed by atoms with van der Waals surface area (Å²) in [6, 6.07) is 7.24. The van der Waals surface area contributed by atoms with E-state index in [9.17, 15) is 19.5 Å². The largest absolute Gasteiger partial charge is 0.479 e. The number of carbonyl (C=O) groups is 3. The van der Waals surface area contributed by atoms with Gasteiger partial charge < -0.3 is 21.5 Å². The number of carboxylic acids is 1. The van der Waals surface area contributed by atoms with Crippen molar-refractivity contribution in [3.63, 3.8) is 0 Å². The molecule has 23 heavy (non-hydrogen) atoms. The third-order valence-electron chi connectivity index (χ3n) is 3.74. The smallest absolute Gasteiger partial charge is 0.330 e. The summed E-state index contributed by atoms with van der Waals surface area (Å²) in [6.45, 7) is 0.171. The molecule has 1 heterocycles. The van der Waals surface area contributed by atoms with E-state index in [-0.39, 0.29) is 19.4 Å². The van der Waals surface area contributed by atoms with Crippen LogP contribution in [-0.2, 0) is 14.4 Å².